The van der Waals surface area contributed by atoms with Crippen molar-refractivity contribution in [2.45, 2.75) is 6.04 Å². The molecule has 0 amide bonds. The van der Waals surface area contributed by atoms with Gasteiger partial charge >= 0.3 is 0 Å². The lowest BCUT2D eigenvalue weighted by Crippen LogP contribution is -2.36. The fourth-order valence-electron chi connectivity index (χ4n) is 2.55. The molecule has 2 aromatic carbocycles. The van der Waals surface area contributed by atoms with Crippen LogP contribution in [0.15, 0.2) is 53.5 Å². The summed E-state index contributed by atoms with van der Waals surface area (Å²) in [5.41, 5.74) is 7.42. The topological polar surface area (TPSA) is 50.9 Å². The van der Waals surface area contributed by atoms with Crippen LogP contribution in [0.4, 0.5) is 10.1 Å². The lowest BCUT2D eigenvalue weighted by atomic mass is 10.0. The van der Waals surface area contributed by atoms with Crippen molar-refractivity contribution in [3.63, 3.8) is 0 Å². The predicted molar refractivity (Wildman–Crippen MR) is 81.1 cm³/mol. The number of benzene rings is 2. The number of ether oxygens (including phenoxy) is 1. The summed E-state index contributed by atoms with van der Waals surface area (Å²) in [6.45, 7) is 0.435. The smallest absolute Gasteiger partial charge is 0.196 e. The summed E-state index contributed by atoms with van der Waals surface area (Å²) < 4.78 is 19.3. The van der Waals surface area contributed by atoms with Gasteiger partial charge in [-0.3, -0.25) is 4.99 Å². The van der Waals surface area contributed by atoms with Crippen LogP contribution in [0.5, 0.6) is 5.75 Å². The van der Waals surface area contributed by atoms with Gasteiger partial charge in [-0.25, -0.2) is 4.39 Å². The SMILES string of the molecule is COc1cccc(N2C(N)=NCC2c2ccccc2F)c1. The third kappa shape index (κ3) is 2.42. The first-order chi connectivity index (χ1) is 10.2. The fraction of sp³-hybridized carbons (Fsp3) is 0.188. The zero-order valence-electron chi connectivity index (χ0n) is 11.7. The monoisotopic (exact) mass is 285 g/mol. The van der Waals surface area contributed by atoms with Crippen LogP contribution < -0.4 is 15.4 Å². The Hall–Kier alpha value is -2.56. The Morgan fingerprint density at radius 2 is 2.05 bits per heavy atom. The van der Waals surface area contributed by atoms with Crippen molar-refractivity contribution in [2.75, 3.05) is 18.6 Å². The molecule has 1 heterocycles. The Bertz CT molecular complexity index is 687. The maximum absolute atomic E-state index is 14.1. The highest BCUT2D eigenvalue weighted by atomic mass is 19.1. The van der Waals surface area contributed by atoms with E-state index < -0.39 is 0 Å². The molecule has 0 spiro atoms. The normalized spacial score (nSPS) is 17.7. The Kier molecular flexibility index (Phi) is 3.48. The van der Waals surface area contributed by atoms with E-state index in [0.717, 1.165) is 11.4 Å². The summed E-state index contributed by atoms with van der Waals surface area (Å²) in [5.74, 6) is 0.858. The highest BCUT2D eigenvalue weighted by Gasteiger charge is 2.30. The molecule has 1 atom stereocenters. The fourth-order valence-corrected chi connectivity index (χ4v) is 2.55. The van der Waals surface area contributed by atoms with Crippen molar-refractivity contribution in [1.29, 1.82) is 0 Å². The molecule has 0 saturated carbocycles. The third-order valence-electron chi connectivity index (χ3n) is 3.58. The molecule has 0 radical (unpaired) electrons. The van der Waals surface area contributed by atoms with Gasteiger partial charge in [-0.2, -0.15) is 0 Å². The number of anilines is 1. The first kappa shape index (κ1) is 13.4. The number of nitrogens with zero attached hydrogens (tertiary/aromatic N) is 2. The molecule has 21 heavy (non-hydrogen) atoms. The number of methoxy groups -OCH3 is 1. The molecule has 1 aliphatic heterocycles. The van der Waals surface area contributed by atoms with Crippen LogP contribution >= 0.6 is 0 Å². The molecule has 2 N–H and O–H groups in total. The van der Waals surface area contributed by atoms with Gasteiger partial charge in [0.2, 0.25) is 0 Å². The van der Waals surface area contributed by atoms with E-state index in [1.54, 1.807) is 19.2 Å². The van der Waals surface area contributed by atoms with Crippen LogP contribution in [-0.4, -0.2) is 19.6 Å². The second-order valence-electron chi connectivity index (χ2n) is 4.81. The molecule has 0 fully saturated rings. The van der Waals surface area contributed by atoms with Gasteiger partial charge in [0.15, 0.2) is 5.96 Å². The molecule has 1 unspecified atom stereocenters. The van der Waals surface area contributed by atoms with Gasteiger partial charge in [0.05, 0.1) is 19.7 Å². The van der Waals surface area contributed by atoms with Crippen molar-refractivity contribution in [1.82, 2.24) is 0 Å². The molecule has 0 saturated heterocycles. The van der Waals surface area contributed by atoms with E-state index in [1.165, 1.54) is 6.07 Å². The minimum atomic E-state index is -0.250. The summed E-state index contributed by atoms with van der Waals surface area (Å²) in [7, 11) is 1.61. The van der Waals surface area contributed by atoms with E-state index in [1.807, 2.05) is 35.2 Å². The van der Waals surface area contributed by atoms with Crippen molar-refractivity contribution in [2.24, 2.45) is 10.7 Å². The number of aliphatic imine (C=N–C) groups is 1. The Morgan fingerprint density at radius 3 is 2.81 bits per heavy atom. The Balaban J connectivity index is 2.01. The van der Waals surface area contributed by atoms with E-state index in [9.17, 15) is 4.39 Å². The van der Waals surface area contributed by atoms with Crippen molar-refractivity contribution >= 4 is 11.6 Å². The van der Waals surface area contributed by atoms with E-state index in [-0.39, 0.29) is 11.9 Å². The standard InChI is InChI=1S/C16H16FN3O/c1-21-12-6-4-5-11(9-12)20-15(10-19-16(20)18)13-7-2-3-8-14(13)17/h2-9,15H,10H2,1H3,(H2,18,19). The second kappa shape index (κ2) is 5.44. The zero-order valence-corrected chi connectivity index (χ0v) is 11.7. The Morgan fingerprint density at radius 1 is 1.24 bits per heavy atom. The maximum atomic E-state index is 14.1. The lowest BCUT2D eigenvalue weighted by Gasteiger charge is -2.27. The van der Waals surface area contributed by atoms with E-state index in [0.29, 0.717) is 18.1 Å². The second-order valence-corrected chi connectivity index (χ2v) is 4.81. The number of hydrogen-bond acceptors (Lipinski definition) is 4. The molecular weight excluding hydrogens is 269 g/mol. The number of guanidine groups is 1. The molecular formula is C16H16FN3O. The van der Waals surface area contributed by atoms with E-state index in [4.69, 9.17) is 10.5 Å². The van der Waals surface area contributed by atoms with Crippen molar-refractivity contribution in [3.8, 4) is 5.75 Å². The summed E-state index contributed by atoms with van der Waals surface area (Å²) in [6.07, 6.45) is 0. The van der Waals surface area contributed by atoms with Gasteiger partial charge in [0, 0.05) is 17.3 Å². The quantitative estimate of drug-likeness (QED) is 0.943. The molecule has 1 aliphatic rings. The van der Waals surface area contributed by atoms with Crippen LogP contribution in [0.1, 0.15) is 11.6 Å². The van der Waals surface area contributed by atoms with Crippen molar-refractivity contribution < 1.29 is 9.13 Å². The minimum Gasteiger partial charge on any atom is -0.497 e. The Labute approximate surface area is 122 Å². The van der Waals surface area contributed by atoms with E-state index in [2.05, 4.69) is 4.99 Å². The summed E-state index contributed by atoms with van der Waals surface area (Å²) in [4.78, 5) is 6.10. The molecule has 0 aromatic heterocycles. The van der Waals surface area contributed by atoms with Crippen LogP contribution in [0, 0.1) is 5.82 Å². The highest BCUT2D eigenvalue weighted by Crippen LogP contribution is 2.33. The van der Waals surface area contributed by atoms with Gasteiger partial charge in [0.1, 0.15) is 11.6 Å². The molecule has 108 valence electrons. The molecule has 2 aromatic rings. The van der Waals surface area contributed by atoms with Crippen LogP contribution in [0.2, 0.25) is 0 Å². The number of rotatable bonds is 3. The highest BCUT2D eigenvalue weighted by molar-refractivity contribution is 5.97. The number of nitrogens with two attached hydrogens (primary N) is 1. The first-order valence-corrected chi connectivity index (χ1v) is 6.68. The first-order valence-electron chi connectivity index (χ1n) is 6.68. The lowest BCUT2D eigenvalue weighted by molar-refractivity contribution is 0.415. The van der Waals surface area contributed by atoms with E-state index >= 15 is 0 Å². The average molecular weight is 285 g/mol. The summed E-state index contributed by atoms with van der Waals surface area (Å²) >= 11 is 0. The van der Waals surface area contributed by atoms with Crippen LogP contribution in [0.25, 0.3) is 0 Å². The average Bonchev–Trinajstić information content (AvgIpc) is 2.89. The van der Waals surface area contributed by atoms with Gasteiger partial charge in [-0.05, 0) is 18.2 Å². The maximum Gasteiger partial charge on any atom is 0.196 e. The minimum absolute atomic E-state index is 0.238. The van der Waals surface area contributed by atoms with Crippen LogP contribution in [0.3, 0.4) is 0 Å². The van der Waals surface area contributed by atoms with Gasteiger partial charge in [0.25, 0.3) is 0 Å². The molecule has 5 heteroatoms. The van der Waals surface area contributed by atoms with Crippen molar-refractivity contribution in [3.05, 3.63) is 59.9 Å². The molecule has 0 aliphatic carbocycles. The third-order valence-corrected chi connectivity index (χ3v) is 3.58. The predicted octanol–water partition coefficient (Wildman–Crippen LogP) is 2.71. The summed E-state index contributed by atoms with van der Waals surface area (Å²) in [5, 5.41) is 0. The van der Waals surface area contributed by atoms with Gasteiger partial charge in [-0.1, -0.05) is 24.3 Å². The molecule has 0 bridgehead atoms. The van der Waals surface area contributed by atoms with Gasteiger partial charge in [-0.15, -0.1) is 0 Å². The zero-order chi connectivity index (χ0) is 14.8. The largest absolute Gasteiger partial charge is 0.497 e. The van der Waals surface area contributed by atoms with Crippen LogP contribution in [-0.2, 0) is 0 Å². The number of halogens is 1. The molecule has 3 rings (SSSR count). The number of hydrogen-bond donors (Lipinski definition) is 1. The molecule has 4 nitrogen and oxygen atoms in total. The van der Waals surface area contributed by atoms with Gasteiger partial charge < -0.3 is 15.4 Å². The summed E-state index contributed by atoms with van der Waals surface area (Å²) in [6, 6.07) is 14.0.